The van der Waals surface area contributed by atoms with Crippen molar-refractivity contribution < 1.29 is 13.2 Å². The summed E-state index contributed by atoms with van der Waals surface area (Å²) in [6.07, 6.45) is 0.164. The van der Waals surface area contributed by atoms with Gasteiger partial charge in [-0.2, -0.15) is 0 Å². The minimum atomic E-state index is -3.62. The first-order valence-electron chi connectivity index (χ1n) is 8.46. The fraction of sp³-hybridized carbons (Fsp3) is 0.389. The van der Waals surface area contributed by atoms with Crippen LogP contribution in [0.5, 0.6) is 0 Å². The molecular weight excluding hydrogens is 338 g/mol. The Hall–Kier alpha value is -1.96. The van der Waals surface area contributed by atoms with Crippen molar-refractivity contribution in [1.29, 1.82) is 0 Å². The van der Waals surface area contributed by atoms with Crippen molar-refractivity contribution in [2.45, 2.75) is 24.3 Å². The molecule has 1 fully saturated rings. The van der Waals surface area contributed by atoms with E-state index >= 15 is 0 Å². The van der Waals surface area contributed by atoms with Crippen LogP contribution in [0.1, 0.15) is 13.3 Å². The number of piperazine rings is 1. The van der Waals surface area contributed by atoms with Gasteiger partial charge in [-0.15, -0.1) is 0 Å². The number of nitrogens with one attached hydrogen (secondary N) is 2. The van der Waals surface area contributed by atoms with E-state index in [1.807, 2.05) is 31.2 Å². The number of benzene rings is 2. The fourth-order valence-electron chi connectivity index (χ4n) is 3.07. The number of carbonyl (C=O) groups excluding carboxylic acids is 1. The number of sulfonamides is 1. The van der Waals surface area contributed by atoms with Gasteiger partial charge >= 0.3 is 0 Å². The second kappa shape index (κ2) is 7.51. The van der Waals surface area contributed by atoms with Crippen LogP contribution in [0.4, 0.5) is 0 Å². The number of fused-ring (bicyclic) bond motifs is 1. The maximum absolute atomic E-state index is 12.5. The molecule has 0 unspecified atom stereocenters. The first kappa shape index (κ1) is 17.8. The molecule has 1 saturated heterocycles. The van der Waals surface area contributed by atoms with Crippen LogP contribution in [0.3, 0.4) is 0 Å². The summed E-state index contributed by atoms with van der Waals surface area (Å²) in [6, 6.07) is 12.8. The van der Waals surface area contributed by atoms with Crippen LogP contribution in [0.2, 0.25) is 0 Å². The molecule has 134 valence electrons. The summed E-state index contributed by atoms with van der Waals surface area (Å²) in [4.78, 5) is 14.3. The normalized spacial score (nSPS) is 18.4. The molecule has 1 aliphatic heterocycles. The predicted molar refractivity (Wildman–Crippen MR) is 97.8 cm³/mol. The number of nitrogens with zero attached hydrogens (tertiary/aromatic N) is 1. The van der Waals surface area contributed by atoms with Gasteiger partial charge in [0.15, 0.2) is 0 Å². The van der Waals surface area contributed by atoms with Gasteiger partial charge in [0.25, 0.3) is 0 Å². The standard InChI is InChI=1S/C18H23N3O3S/c1-14-13-19-10-11-21(14)18(22)8-9-20-25(23,24)17-7-6-15-4-2-3-5-16(15)12-17/h2-7,12,14,19-20H,8-11,13H2,1H3/t14-/m0/s1. The van der Waals surface area contributed by atoms with E-state index in [1.54, 1.807) is 23.1 Å². The van der Waals surface area contributed by atoms with E-state index in [0.717, 1.165) is 23.9 Å². The molecular formula is C18H23N3O3S. The summed E-state index contributed by atoms with van der Waals surface area (Å²) < 4.78 is 27.4. The van der Waals surface area contributed by atoms with Gasteiger partial charge in [0, 0.05) is 38.6 Å². The number of rotatable bonds is 5. The van der Waals surface area contributed by atoms with Crippen LogP contribution in [0.15, 0.2) is 47.4 Å². The van der Waals surface area contributed by atoms with E-state index in [1.165, 1.54) is 0 Å². The van der Waals surface area contributed by atoms with Gasteiger partial charge < -0.3 is 10.2 Å². The highest BCUT2D eigenvalue weighted by atomic mass is 32.2. The molecule has 1 amide bonds. The molecule has 1 heterocycles. The molecule has 0 bridgehead atoms. The number of amides is 1. The van der Waals surface area contributed by atoms with E-state index in [4.69, 9.17) is 0 Å². The van der Waals surface area contributed by atoms with Gasteiger partial charge in [0.2, 0.25) is 15.9 Å². The van der Waals surface area contributed by atoms with Crippen molar-refractivity contribution in [3.05, 3.63) is 42.5 Å². The Morgan fingerprint density at radius 3 is 2.76 bits per heavy atom. The molecule has 2 N–H and O–H groups in total. The molecule has 6 nitrogen and oxygen atoms in total. The zero-order valence-corrected chi connectivity index (χ0v) is 15.1. The first-order valence-corrected chi connectivity index (χ1v) is 9.94. The van der Waals surface area contributed by atoms with Crippen molar-refractivity contribution in [3.8, 4) is 0 Å². The zero-order chi connectivity index (χ0) is 17.9. The number of hydrogen-bond donors (Lipinski definition) is 2. The van der Waals surface area contributed by atoms with Crippen molar-refractivity contribution in [3.63, 3.8) is 0 Å². The lowest BCUT2D eigenvalue weighted by Crippen LogP contribution is -2.52. The Morgan fingerprint density at radius 2 is 2.00 bits per heavy atom. The molecule has 0 aromatic heterocycles. The van der Waals surface area contributed by atoms with E-state index in [2.05, 4.69) is 10.0 Å². The van der Waals surface area contributed by atoms with Crippen LogP contribution >= 0.6 is 0 Å². The third-order valence-corrected chi connectivity index (χ3v) is 5.94. The summed E-state index contributed by atoms with van der Waals surface area (Å²) >= 11 is 0. The van der Waals surface area contributed by atoms with Gasteiger partial charge in [-0.1, -0.05) is 30.3 Å². The summed E-state index contributed by atoms with van der Waals surface area (Å²) in [6.45, 7) is 4.30. The second-order valence-electron chi connectivity index (χ2n) is 6.30. The SMILES string of the molecule is C[C@H]1CNCCN1C(=O)CCNS(=O)(=O)c1ccc2ccccc2c1. The van der Waals surface area contributed by atoms with Gasteiger partial charge in [0.05, 0.1) is 4.90 Å². The molecule has 7 heteroatoms. The number of hydrogen-bond acceptors (Lipinski definition) is 4. The highest BCUT2D eigenvalue weighted by Gasteiger charge is 2.23. The maximum Gasteiger partial charge on any atom is 0.240 e. The third-order valence-electron chi connectivity index (χ3n) is 4.48. The molecule has 1 atom stereocenters. The first-order chi connectivity index (χ1) is 12.0. The molecule has 0 radical (unpaired) electrons. The van der Waals surface area contributed by atoms with Crippen LogP contribution in [-0.4, -0.2) is 51.4 Å². The third kappa shape index (κ3) is 4.18. The molecule has 2 aromatic carbocycles. The predicted octanol–water partition coefficient (Wildman–Crippen LogP) is 1.33. The summed E-state index contributed by atoms with van der Waals surface area (Å²) in [5, 5.41) is 5.09. The Labute approximate surface area is 148 Å². The Kier molecular flexibility index (Phi) is 5.36. The summed E-state index contributed by atoms with van der Waals surface area (Å²) in [7, 11) is -3.62. The van der Waals surface area contributed by atoms with Gasteiger partial charge in [0.1, 0.15) is 0 Å². The van der Waals surface area contributed by atoms with Crippen LogP contribution in [-0.2, 0) is 14.8 Å². The highest BCUT2D eigenvalue weighted by molar-refractivity contribution is 7.89. The minimum Gasteiger partial charge on any atom is -0.337 e. The van der Waals surface area contributed by atoms with E-state index in [-0.39, 0.29) is 29.8 Å². The lowest BCUT2D eigenvalue weighted by atomic mass is 10.1. The Morgan fingerprint density at radius 1 is 1.24 bits per heavy atom. The van der Waals surface area contributed by atoms with Gasteiger partial charge in [-0.3, -0.25) is 4.79 Å². The lowest BCUT2D eigenvalue weighted by Gasteiger charge is -2.34. The summed E-state index contributed by atoms with van der Waals surface area (Å²) in [5.74, 6) is -0.0183. The molecule has 25 heavy (non-hydrogen) atoms. The lowest BCUT2D eigenvalue weighted by molar-refractivity contribution is -0.133. The molecule has 3 rings (SSSR count). The maximum atomic E-state index is 12.5. The van der Waals surface area contributed by atoms with Crippen LogP contribution in [0, 0.1) is 0 Å². The topological polar surface area (TPSA) is 78.5 Å². The highest BCUT2D eigenvalue weighted by Crippen LogP contribution is 2.18. The largest absolute Gasteiger partial charge is 0.337 e. The Bertz CT molecular complexity index is 867. The molecule has 0 spiro atoms. The van der Waals surface area contributed by atoms with Gasteiger partial charge in [-0.25, -0.2) is 13.1 Å². The van der Waals surface area contributed by atoms with E-state index in [9.17, 15) is 13.2 Å². The molecule has 0 aliphatic carbocycles. The quantitative estimate of drug-likeness (QED) is 0.842. The average Bonchev–Trinajstić information content (AvgIpc) is 2.61. The van der Waals surface area contributed by atoms with Crippen molar-refractivity contribution in [2.24, 2.45) is 0 Å². The van der Waals surface area contributed by atoms with Crippen molar-refractivity contribution in [1.82, 2.24) is 14.9 Å². The Balaban J connectivity index is 1.62. The van der Waals surface area contributed by atoms with E-state index in [0.29, 0.717) is 6.54 Å². The minimum absolute atomic E-state index is 0.0183. The molecule has 0 saturated carbocycles. The smallest absolute Gasteiger partial charge is 0.240 e. The molecule has 1 aliphatic rings. The van der Waals surface area contributed by atoms with Crippen LogP contribution < -0.4 is 10.0 Å². The van der Waals surface area contributed by atoms with Gasteiger partial charge in [-0.05, 0) is 29.8 Å². The van der Waals surface area contributed by atoms with Crippen molar-refractivity contribution >= 4 is 26.7 Å². The monoisotopic (exact) mass is 361 g/mol. The average molecular weight is 361 g/mol. The second-order valence-corrected chi connectivity index (χ2v) is 8.06. The zero-order valence-electron chi connectivity index (χ0n) is 14.2. The fourth-order valence-corrected chi connectivity index (χ4v) is 4.13. The number of carbonyl (C=O) groups is 1. The van der Waals surface area contributed by atoms with Crippen molar-refractivity contribution in [2.75, 3.05) is 26.2 Å². The summed E-state index contributed by atoms with van der Waals surface area (Å²) in [5.41, 5.74) is 0. The van der Waals surface area contributed by atoms with Crippen LogP contribution in [0.25, 0.3) is 10.8 Å². The molecule has 2 aromatic rings. The van der Waals surface area contributed by atoms with E-state index < -0.39 is 10.0 Å².